The summed E-state index contributed by atoms with van der Waals surface area (Å²) >= 11 is 5.19. The van der Waals surface area contributed by atoms with Crippen LogP contribution < -0.4 is 9.74 Å². The molecule has 0 radical (unpaired) electrons. The Labute approximate surface area is 117 Å². The van der Waals surface area contributed by atoms with Gasteiger partial charge in [-0.3, -0.25) is 4.79 Å². The molecule has 0 saturated heterocycles. The minimum absolute atomic E-state index is 0.152. The highest BCUT2D eigenvalue weighted by Gasteiger charge is 2.49. The van der Waals surface area contributed by atoms with E-state index in [1.54, 1.807) is 0 Å². The Balaban J connectivity index is 3.21. The van der Waals surface area contributed by atoms with E-state index in [0.717, 1.165) is 0 Å². The van der Waals surface area contributed by atoms with Crippen LogP contribution in [0.3, 0.4) is 0 Å². The van der Waals surface area contributed by atoms with Crippen molar-refractivity contribution in [2.45, 2.75) is 18.2 Å². The number of rotatable bonds is 3. The Morgan fingerprint density at radius 1 is 1.24 bits per heavy atom. The van der Waals surface area contributed by atoms with E-state index in [1.165, 1.54) is 0 Å². The fraction of sp³-hybridized carbons (Fsp3) is 0.429. The summed E-state index contributed by atoms with van der Waals surface area (Å²) in [6.45, 7) is -1.86. The maximum Gasteiger partial charge on any atom is 0.534 e. The topological polar surface area (TPSA) is 78.3 Å². The highest BCUT2D eigenvalue weighted by Crippen LogP contribution is 2.29. The van der Waals surface area contributed by atoms with Crippen LogP contribution in [0.1, 0.15) is 0 Å². The van der Waals surface area contributed by atoms with Crippen molar-refractivity contribution in [1.29, 1.82) is 0 Å². The van der Waals surface area contributed by atoms with Crippen molar-refractivity contribution < 1.29 is 38.9 Å². The zero-order valence-corrected chi connectivity index (χ0v) is 10.9. The smallest absolute Gasteiger partial charge is 0.372 e. The SMILES string of the molecule is O=c1c(Cl)c(OS(=O)(=O)C(F)(F)F)cnn1CC(F)(F)F. The van der Waals surface area contributed by atoms with Crippen molar-refractivity contribution in [3.63, 3.8) is 0 Å². The minimum Gasteiger partial charge on any atom is -0.372 e. The van der Waals surface area contributed by atoms with Crippen LogP contribution in [0.25, 0.3) is 0 Å². The van der Waals surface area contributed by atoms with Crippen LogP contribution in [-0.4, -0.2) is 29.9 Å². The number of hydrogen-bond donors (Lipinski definition) is 0. The predicted octanol–water partition coefficient (Wildman–Crippen LogP) is 1.69. The highest BCUT2D eigenvalue weighted by molar-refractivity contribution is 7.88. The summed E-state index contributed by atoms with van der Waals surface area (Å²) in [5.41, 5.74) is -7.47. The van der Waals surface area contributed by atoms with Crippen molar-refractivity contribution >= 4 is 21.7 Å². The van der Waals surface area contributed by atoms with E-state index in [4.69, 9.17) is 11.6 Å². The minimum atomic E-state index is -6.13. The second kappa shape index (κ2) is 5.36. The van der Waals surface area contributed by atoms with E-state index >= 15 is 0 Å². The first-order valence-corrected chi connectivity index (χ1v) is 6.36. The van der Waals surface area contributed by atoms with Gasteiger partial charge in [0.25, 0.3) is 5.56 Å². The Kier molecular flexibility index (Phi) is 4.48. The summed E-state index contributed by atoms with van der Waals surface area (Å²) in [7, 11) is -6.13. The Bertz CT molecular complexity index is 695. The molecule has 0 fully saturated rings. The first kappa shape index (κ1) is 17.6. The summed E-state index contributed by atoms with van der Waals surface area (Å²) in [6, 6.07) is 0. The first-order chi connectivity index (χ1) is 9.24. The number of nitrogens with zero attached hydrogens (tertiary/aromatic N) is 2. The van der Waals surface area contributed by atoms with Gasteiger partial charge in [-0.15, -0.1) is 0 Å². The quantitative estimate of drug-likeness (QED) is 0.465. The zero-order valence-electron chi connectivity index (χ0n) is 9.37. The van der Waals surface area contributed by atoms with Gasteiger partial charge >= 0.3 is 21.8 Å². The lowest BCUT2D eigenvalue weighted by Gasteiger charge is -2.12. The highest BCUT2D eigenvalue weighted by atomic mass is 35.5. The molecule has 0 N–H and O–H groups in total. The number of alkyl halides is 6. The molecule has 1 aromatic rings. The molecule has 1 heterocycles. The summed E-state index contributed by atoms with van der Waals surface area (Å²) in [5.74, 6) is -1.34. The van der Waals surface area contributed by atoms with Crippen LogP contribution in [-0.2, 0) is 16.7 Å². The molecule has 6 nitrogen and oxygen atoms in total. The summed E-state index contributed by atoms with van der Waals surface area (Å²) < 4.78 is 97.0. The Morgan fingerprint density at radius 3 is 2.19 bits per heavy atom. The molecule has 0 atom stereocenters. The van der Waals surface area contributed by atoms with Crippen LogP contribution >= 0.6 is 11.6 Å². The zero-order chi connectivity index (χ0) is 16.6. The van der Waals surface area contributed by atoms with Gasteiger partial charge in [0.15, 0.2) is 10.8 Å². The summed E-state index contributed by atoms with van der Waals surface area (Å²) in [6.07, 6.45) is -4.70. The molecule has 0 spiro atoms. The number of aromatic nitrogens is 2. The van der Waals surface area contributed by atoms with E-state index in [9.17, 15) is 39.6 Å². The first-order valence-electron chi connectivity index (χ1n) is 4.58. The molecule has 1 aromatic heterocycles. The van der Waals surface area contributed by atoms with E-state index in [1.807, 2.05) is 0 Å². The maximum atomic E-state index is 12.1. The fourth-order valence-corrected chi connectivity index (χ4v) is 1.64. The van der Waals surface area contributed by atoms with Gasteiger partial charge in [-0.2, -0.15) is 39.9 Å². The Hall–Kier alpha value is -1.50. The molecule has 0 unspecified atom stereocenters. The molecule has 0 aromatic carbocycles. The third kappa shape index (κ3) is 4.23. The largest absolute Gasteiger partial charge is 0.534 e. The van der Waals surface area contributed by atoms with E-state index in [-0.39, 0.29) is 10.9 Å². The van der Waals surface area contributed by atoms with E-state index in [0.29, 0.717) is 0 Å². The van der Waals surface area contributed by atoms with Crippen molar-refractivity contribution in [2.24, 2.45) is 0 Å². The van der Waals surface area contributed by atoms with Gasteiger partial charge < -0.3 is 4.18 Å². The molecule has 0 bridgehead atoms. The van der Waals surface area contributed by atoms with Gasteiger partial charge in [0.2, 0.25) is 0 Å². The molecule has 21 heavy (non-hydrogen) atoms. The summed E-state index contributed by atoms with van der Waals surface area (Å²) in [4.78, 5) is 11.3. The molecule has 1 rings (SSSR count). The van der Waals surface area contributed by atoms with E-state index in [2.05, 4.69) is 9.28 Å². The van der Waals surface area contributed by atoms with Gasteiger partial charge in [-0.05, 0) is 0 Å². The van der Waals surface area contributed by atoms with Gasteiger partial charge in [0.05, 0.1) is 6.20 Å². The summed E-state index contributed by atoms with van der Waals surface area (Å²) in [5, 5.41) is 1.54. The van der Waals surface area contributed by atoms with Crippen LogP contribution in [0.4, 0.5) is 26.3 Å². The third-order valence-electron chi connectivity index (χ3n) is 1.76. The van der Waals surface area contributed by atoms with Crippen LogP contribution in [0.15, 0.2) is 11.0 Å². The average molecular weight is 361 g/mol. The van der Waals surface area contributed by atoms with Crippen LogP contribution in [0.5, 0.6) is 5.75 Å². The fourth-order valence-electron chi connectivity index (χ4n) is 0.956. The molecule has 0 aliphatic heterocycles. The van der Waals surface area contributed by atoms with Gasteiger partial charge in [0, 0.05) is 0 Å². The second-order valence-corrected chi connectivity index (χ2v) is 5.30. The number of hydrogen-bond acceptors (Lipinski definition) is 5. The predicted molar refractivity (Wildman–Crippen MR) is 55.2 cm³/mol. The second-order valence-electron chi connectivity index (χ2n) is 3.38. The van der Waals surface area contributed by atoms with Crippen molar-refractivity contribution in [2.75, 3.05) is 0 Å². The molecule has 120 valence electrons. The molecule has 0 saturated carbocycles. The van der Waals surface area contributed by atoms with Crippen LogP contribution in [0.2, 0.25) is 5.02 Å². The van der Waals surface area contributed by atoms with Crippen molar-refractivity contribution in [1.82, 2.24) is 9.78 Å². The van der Waals surface area contributed by atoms with Gasteiger partial charge in [-0.1, -0.05) is 11.6 Å². The molecule has 0 amide bonds. The molecular weight excluding hydrogens is 358 g/mol. The Morgan fingerprint density at radius 2 is 1.76 bits per heavy atom. The van der Waals surface area contributed by atoms with Gasteiger partial charge in [-0.25, -0.2) is 4.68 Å². The lowest BCUT2D eigenvalue weighted by molar-refractivity contribution is -0.143. The lowest BCUT2D eigenvalue weighted by atomic mass is 10.5. The lowest BCUT2D eigenvalue weighted by Crippen LogP contribution is -2.32. The van der Waals surface area contributed by atoms with E-state index < -0.39 is 44.7 Å². The normalized spacial score (nSPS) is 13.3. The number of halogens is 7. The monoisotopic (exact) mass is 360 g/mol. The maximum absolute atomic E-state index is 12.1. The van der Waals surface area contributed by atoms with Gasteiger partial charge in [0.1, 0.15) is 6.54 Å². The van der Waals surface area contributed by atoms with Crippen molar-refractivity contribution in [3.05, 3.63) is 21.6 Å². The molecule has 14 heteroatoms. The molecular formula is C7H3ClF6N2O4S. The standard InChI is InChI=1S/C7H3ClF6N2O4S/c8-4-3(20-21(18,19)7(12,13)14)1-15-16(5(4)17)2-6(9,10)11/h1H,2H2. The third-order valence-corrected chi connectivity index (χ3v) is 3.08. The molecule has 0 aliphatic carbocycles. The molecule has 0 aliphatic rings. The average Bonchev–Trinajstić information content (AvgIpc) is 2.25. The van der Waals surface area contributed by atoms with Crippen molar-refractivity contribution in [3.8, 4) is 5.75 Å². The van der Waals surface area contributed by atoms with Crippen LogP contribution in [0, 0.1) is 0 Å².